The zero-order chi connectivity index (χ0) is 10.1. The van der Waals surface area contributed by atoms with Crippen molar-refractivity contribution in [1.29, 1.82) is 0 Å². The number of aromatic nitrogens is 1. The van der Waals surface area contributed by atoms with Crippen molar-refractivity contribution in [1.82, 2.24) is 10.3 Å². The lowest BCUT2D eigenvalue weighted by molar-refractivity contribution is 0.298. The minimum atomic E-state index is 0. The number of nitrogens with one attached hydrogen (secondary N) is 1. The third-order valence-corrected chi connectivity index (χ3v) is 3.84. The molecule has 4 heteroatoms. The van der Waals surface area contributed by atoms with Crippen molar-refractivity contribution in [2.45, 2.75) is 44.2 Å². The highest BCUT2D eigenvalue weighted by molar-refractivity contribution is 5.85. The summed E-state index contributed by atoms with van der Waals surface area (Å²) in [7, 11) is 0. The molecule has 17 heavy (non-hydrogen) atoms. The molecule has 1 aromatic rings. The molecule has 2 fully saturated rings. The van der Waals surface area contributed by atoms with Gasteiger partial charge in [-0.15, -0.1) is 24.8 Å². The third kappa shape index (κ3) is 3.57. The maximum atomic E-state index is 4.07. The molecule has 2 unspecified atom stereocenters. The predicted molar refractivity (Wildman–Crippen MR) is 75.1 cm³/mol. The van der Waals surface area contributed by atoms with E-state index < -0.39 is 0 Å². The summed E-state index contributed by atoms with van der Waals surface area (Å²) in [5, 5.41) is 3.69. The smallest absolute Gasteiger partial charge is 0.0270 e. The van der Waals surface area contributed by atoms with E-state index in [-0.39, 0.29) is 24.8 Å². The van der Waals surface area contributed by atoms with Crippen LogP contribution in [-0.2, 0) is 6.42 Å². The first kappa shape index (κ1) is 14.7. The Kier molecular flexibility index (Phi) is 5.71. The fourth-order valence-electron chi connectivity index (χ4n) is 3.19. The van der Waals surface area contributed by atoms with Crippen molar-refractivity contribution in [2.24, 2.45) is 5.92 Å². The highest BCUT2D eigenvalue weighted by atomic mass is 35.5. The second-order valence-corrected chi connectivity index (χ2v) is 5.03. The van der Waals surface area contributed by atoms with E-state index in [4.69, 9.17) is 0 Å². The van der Waals surface area contributed by atoms with Crippen molar-refractivity contribution in [3.05, 3.63) is 30.1 Å². The minimum absolute atomic E-state index is 0. The number of hydrogen-bond donors (Lipinski definition) is 1. The summed E-state index contributed by atoms with van der Waals surface area (Å²) < 4.78 is 0. The Morgan fingerprint density at radius 1 is 1.06 bits per heavy atom. The van der Waals surface area contributed by atoms with Gasteiger partial charge in [0, 0.05) is 24.5 Å². The third-order valence-electron chi connectivity index (χ3n) is 3.84. The molecule has 3 heterocycles. The van der Waals surface area contributed by atoms with Crippen LogP contribution in [0.3, 0.4) is 0 Å². The van der Waals surface area contributed by atoms with Gasteiger partial charge in [0.1, 0.15) is 0 Å². The summed E-state index contributed by atoms with van der Waals surface area (Å²) in [5.41, 5.74) is 1.45. The Hall–Kier alpha value is -0.310. The first-order valence-electron chi connectivity index (χ1n) is 6.05. The molecule has 2 nitrogen and oxygen atoms in total. The first-order chi connectivity index (χ1) is 7.40. The maximum Gasteiger partial charge on any atom is 0.0270 e. The molecular weight excluding hydrogens is 255 g/mol. The summed E-state index contributed by atoms with van der Waals surface area (Å²) >= 11 is 0. The molecule has 96 valence electrons. The Labute approximate surface area is 115 Å². The van der Waals surface area contributed by atoms with E-state index in [0.717, 1.165) is 18.0 Å². The van der Waals surface area contributed by atoms with E-state index >= 15 is 0 Å². The number of halogens is 2. The lowest BCUT2D eigenvalue weighted by Gasteiger charge is -2.29. The molecule has 0 aromatic carbocycles. The molecule has 2 aliphatic rings. The zero-order valence-electron chi connectivity index (χ0n) is 9.84. The van der Waals surface area contributed by atoms with Crippen molar-refractivity contribution in [3.8, 4) is 0 Å². The average Bonchev–Trinajstić information content (AvgIpc) is 2.60. The van der Waals surface area contributed by atoms with Crippen LogP contribution in [0, 0.1) is 5.92 Å². The average molecular weight is 275 g/mol. The van der Waals surface area contributed by atoms with Crippen molar-refractivity contribution in [3.63, 3.8) is 0 Å². The number of pyridine rings is 1. The minimum Gasteiger partial charge on any atom is -0.311 e. The van der Waals surface area contributed by atoms with E-state index in [2.05, 4.69) is 22.4 Å². The molecule has 2 aliphatic heterocycles. The summed E-state index contributed by atoms with van der Waals surface area (Å²) in [5.74, 6) is 0.895. The molecule has 0 aliphatic carbocycles. The number of piperidine rings is 1. The van der Waals surface area contributed by atoms with E-state index in [1.807, 2.05) is 12.4 Å². The highest BCUT2D eigenvalue weighted by Gasteiger charge is 2.33. The van der Waals surface area contributed by atoms with Crippen LogP contribution >= 0.6 is 24.8 Å². The van der Waals surface area contributed by atoms with E-state index in [1.54, 1.807) is 0 Å². The maximum absolute atomic E-state index is 4.07. The van der Waals surface area contributed by atoms with Crippen molar-refractivity contribution in [2.75, 3.05) is 0 Å². The van der Waals surface area contributed by atoms with Crippen LogP contribution in [0.25, 0.3) is 0 Å². The number of nitrogens with zero attached hydrogens (tertiary/aromatic N) is 1. The molecule has 0 amide bonds. The Bertz CT molecular complexity index is 319. The van der Waals surface area contributed by atoms with Crippen LogP contribution in [0.4, 0.5) is 0 Å². The summed E-state index contributed by atoms with van der Waals surface area (Å²) in [6.07, 6.45) is 10.6. The van der Waals surface area contributed by atoms with Crippen LogP contribution in [0.5, 0.6) is 0 Å². The fourth-order valence-corrected chi connectivity index (χ4v) is 3.19. The van der Waals surface area contributed by atoms with Gasteiger partial charge in [0.2, 0.25) is 0 Å². The lowest BCUT2D eigenvalue weighted by atomic mass is 9.87. The second-order valence-electron chi connectivity index (χ2n) is 5.03. The quantitative estimate of drug-likeness (QED) is 0.897. The van der Waals surface area contributed by atoms with Gasteiger partial charge in [0.25, 0.3) is 0 Å². The molecule has 1 N–H and O–H groups in total. The van der Waals surface area contributed by atoms with Gasteiger partial charge >= 0.3 is 0 Å². The van der Waals surface area contributed by atoms with E-state index in [1.165, 1.54) is 37.7 Å². The molecule has 0 radical (unpaired) electrons. The van der Waals surface area contributed by atoms with Crippen LogP contribution in [0.2, 0.25) is 0 Å². The van der Waals surface area contributed by atoms with Gasteiger partial charge in [-0.3, -0.25) is 4.98 Å². The largest absolute Gasteiger partial charge is 0.311 e. The number of rotatable bonds is 2. The van der Waals surface area contributed by atoms with Gasteiger partial charge in [-0.2, -0.15) is 0 Å². The van der Waals surface area contributed by atoms with Crippen LogP contribution in [0.15, 0.2) is 24.5 Å². The Morgan fingerprint density at radius 2 is 1.65 bits per heavy atom. The van der Waals surface area contributed by atoms with E-state index in [9.17, 15) is 0 Å². The normalized spacial score (nSPS) is 30.2. The van der Waals surface area contributed by atoms with Crippen LogP contribution < -0.4 is 5.32 Å². The first-order valence-corrected chi connectivity index (χ1v) is 6.05. The van der Waals surface area contributed by atoms with Crippen LogP contribution in [-0.4, -0.2) is 17.1 Å². The van der Waals surface area contributed by atoms with Gasteiger partial charge in [-0.05, 0) is 55.7 Å². The highest BCUT2D eigenvalue weighted by Crippen LogP contribution is 2.32. The molecule has 2 bridgehead atoms. The molecular formula is C13H20Cl2N2. The van der Waals surface area contributed by atoms with Crippen molar-refractivity contribution >= 4 is 24.8 Å². The van der Waals surface area contributed by atoms with Gasteiger partial charge in [-0.1, -0.05) is 0 Å². The predicted octanol–water partition coefficient (Wildman–Crippen LogP) is 3.00. The lowest BCUT2D eigenvalue weighted by Crippen LogP contribution is -2.38. The molecule has 0 saturated carbocycles. The second kappa shape index (κ2) is 6.58. The van der Waals surface area contributed by atoms with E-state index in [0.29, 0.717) is 0 Å². The summed E-state index contributed by atoms with van der Waals surface area (Å²) in [6.45, 7) is 0. The van der Waals surface area contributed by atoms with Gasteiger partial charge in [-0.25, -0.2) is 0 Å². The van der Waals surface area contributed by atoms with Crippen LogP contribution in [0.1, 0.15) is 31.2 Å². The Balaban J connectivity index is 0.000000722. The summed E-state index contributed by atoms with van der Waals surface area (Å²) in [6, 6.07) is 5.94. The van der Waals surface area contributed by atoms with Gasteiger partial charge in [0.05, 0.1) is 0 Å². The monoisotopic (exact) mass is 274 g/mol. The number of hydrogen-bond acceptors (Lipinski definition) is 2. The zero-order valence-corrected chi connectivity index (χ0v) is 11.5. The molecule has 3 rings (SSSR count). The summed E-state index contributed by atoms with van der Waals surface area (Å²) in [4.78, 5) is 4.07. The van der Waals surface area contributed by atoms with Crippen molar-refractivity contribution < 1.29 is 0 Å². The molecule has 2 atom stereocenters. The molecule has 2 saturated heterocycles. The standard InChI is InChI=1S/C13H18N2.2ClH/c1-2-13-9-11(8-12(1)15-13)7-10-3-5-14-6-4-10;;/h3-6,11-13,15H,1-2,7-9H2;2*1H. The van der Waals surface area contributed by atoms with Gasteiger partial charge in [0.15, 0.2) is 0 Å². The molecule has 0 spiro atoms. The number of fused-ring (bicyclic) bond motifs is 2. The Morgan fingerprint density at radius 3 is 2.24 bits per heavy atom. The van der Waals surface area contributed by atoms with Gasteiger partial charge < -0.3 is 5.32 Å². The molecule has 1 aromatic heterocycles. The fraction of sp³-hybridized carbons (Fsp3) is 0.615. The SMILES string of the molecule is Cl.Cl.c1cc(CC2CC3CCC(C2)N3)ccn1. The topological polar surface area (TPSA) is 24.9 Å².